The molecule has 1 saturated carbocycles. The van der Waals surface area contributed by atoms with Crippen molar-refractivity contribution in [1.29, 1.82) is 0 Å². The van der Waals surface area contributed by atoms with Crippen LogP contribution in [-0.2, 0) is 4.79 Å². The minimum Gasteiger partial charge on any atom is -0.352 e. The van der Waals surface area contributed by atoms with E-state index in [1.165, 1.54) is 36.6 Å². The van der Waals surface area contributed by atoms with E-state index in [0.717, 1.165) is 23.7 Å². The van der Waals surface area contributed by atoms with Crippen molar-refractivity contribution >= 4 is 17.7 Å². The predicted molar refractivity (Wildman–Crippen MR) is 98.6 cm³/mol. The molecule has 5 heteroatoms. The van der Waals surface area contributed by atoms with Crippen LogP contribution in [0, 0.1) is 6.92 Å². The summed E-state index contributed by atoms with van der Waals surface area (Å²) in [6.45, 7) is 4.04. The predicted octanol–water partition coefficient (Wildman–Crippen LogP) is 4.11. The number of nitrogens with zero attached hydrogens (tertiary/aromatic N) is 2. The lowest BCUT2D eigenvalue weighted by molar-refractivity contribution is -0.121. The summed E-state index contributed by atoms with van der Waals surface area (Å²) < 4.78 is 2.06. The molecule has 0 saturated heterocycles. The van der Waals surface area contributed by atoms with Crippen LogP contribution in [0.4, 0.5) is 0 Å². The number of aryl methyl sites for hydroxylation is 1. The number of thioether (sulfide) groups is 1. The summed E-state index contributed by atoms with van der Waals surface area (Å²) in [7, 11) is 0. The minimum atomic E-state index is -0.155. The Labute approximate surface area is 148 Å². The Morgan fingerprint density at radius 2 is 2.04 bits per heavy atom. The normalized spacial score (nSPS) is 16.8. The summed E-state index contributed by atoms with van der Waals surface area (Å²) >= 11 is 1.52. The van der Waals surface area contributed by atoms with E-state index in [1.54, 1.807) is 6.20 Å². The van der Waals surface area contributed by atoms with Gasteiger partial charge in [-0.2, -0.15) is 0 Å². The molecule has 1 aliphatic carbocycles. The van der Waals surface area contributed by atoms with Crippen molar-refractivity contribution in [3.8, 4) is 5.69 Å². The molecule has 0 bridgehead atoms. The lowest BCUT2D eigenvalue weighted by Crippen LogP contribution is -2.40. The van der Waals surface area contributed by atoms with Crippen molar-refractivity contribution in [1.82, 2.24) is 14.9 Å². The number of benzene rings is 1. The zero-order chi connectivity index (χ0) is 16.9. The van der Waals surface area contributed by atoms with Gasteiger partial charge >= 0.3 is 0 Å². The van der Waals surface area contributed by atoms with E-state index in [-0.39, 0.29) is 11.2 Å². The molecule has 1 heterocycles. The molecule has 0 spiro atoms. The summed E-state index contributed by atoms with van der Waals surface area (Å²) in [6, 6.07) is 8.57. The van der Waals surface area contributed by atoms with E-state index in [1.807, 2.05) is 25.3 Å². The van der Waals surface area contributed by atoms with Crippen LogP contribution >= 0.6 is 11.8 Å². The number of amides is 1. The molecule has 1 amide bonds. The average Bonchev–Trinajstić information content (AvgIpc) is 3.04. The van der Waals surface area contributed by atoms with Gasteiger partial charge in [-0.15, -0.1) is 0 Å². The van der Waals surface area contributed by atoms with Gasteiger partial charge in [0.1, 0.15) is 0 Å². The molecule has 1 atom stereocenters. The Morgan fingerprint density at radius 1 is 1.29 bits per heavy atom. The van der Waals surface area contributed by atoms with Crippen LogP contribution < -0.4 is 5.32 Å². The molecule has 4 nitrogen and oxygen atoms in total. The van der Waals surface area contributed by atoms with Gasteiger partial charge in [-0.25, -0.2) is 4.98 Å². The number of aromatic nitrogens is 2. The molecule has 1 aromatic heterocycles. The van der Waals surface area contributed by atoms with Gasteiger partial charge in [0, 0.05) is 18.4 Å². The fourth-order valence-electron chi connectivity index (χ4n) is 3.17. The van der Waals surface area contributed by atoms with Crippen molar-refractivity contribution in [3.05, 3.63) is 42.2 Å². The largest absolute Gasteiger partial charge is 0.352 e. The molecule has 24 heavy (non-hydrogen) atoms. The highest BCUT2D eigenvalue weighted by Gasteiger charge is 2.22. The first kappa shape index (κ1) is 17.1. The monoisotopic (exact) mass is 343 g/mol. The second kappa shape index (κ2) is 7.88. The van der Waals surface area contributed by atoms with Crippen LogP contribution in [0.15, 0.2) is 41.8 Å². The van der Waals surface area contributed by atoms with Gasteiger partial charge < -0.3 is 5.32 Å². The molecule has 1 aliphatic rings. The lowest BCUT2D eigenvalue weighted by Gasteiger charge is -2.24. The van der Waals surface area contributed by atoms with Crippen molar-refractivity contribution in [2.24, 2.45) is 0 Å². The van der Waals surface area contributed by atoms with E-state index >= 15 is 0 Å². The highest BCUT2D eigenvalue weighted by atomic mass is 32.2. The van der Waals surface area contributed by atoms with Crippen LogP contribution in [0.25, 0.3) is 5.69 Å². The standard InChI is InChI=1S/C19H25N3OS/c1-14-8-6-7-11-17(14)22-13-12-20-19(22)24-15(2)18(23)21-16-9-4-3-5-10-16/h6-8,11-13,15-16H,3-5,9-10H2,1-2H3,(H,21,23). The van der Waals surface area contributed by atoms with Gasteiger partial charge in [0.15, 0.2) is 5.16 Å². The van der Waals surface area contributed by atoms with Gasteiger partial charge in [-0.3, -0.25) is 9.36 Å². The Morgan fingerprint density at radius 3 is 2.79 bits per heavy atom. The Bertz CT molecular complexity index is 691. The average molecular weight is 343 g/mol. The van der Waals surface area contributed by atoms with E-state index in [4.69, 9.17) is 0 Å². The second-order valence-electron chi connectivity index (χ2n) is 6.47. The molecule has 0 radical (unpaired) electrons. The molecular formula is C19H25N3OS. The second-order valence-corrected chi connectivity index (χ2v) is 7.78. The van der Waals surface area contributed by atoms with Gasteiger partial charge in [-0.05, 0) is 38.3 Å². The highest BCUT2D eigenvalue weighted by molar-refractivity contribution is 8.00. The number of imidazole rings is 1. The Kier molecular flexibility index (Phi) is 5.61. The van der Waals surface area contributed by atoms with Gasteiger partial charge in [0.25, 0.3) is 0 Å². The number of carbonyl (C=O) groups is 1. The maximum atomic E-state index is 12.5. The van der Waals surface area contributed by atoms with E-state index in [0.29, 0.717) is 6.04 Å². The summed E-state index contributed by atoms with van der Waals surface area (Å²) in [5.74, 6) is 0.117. The summed E-state index contributed by atoms with van der Waals surface area (Å²) in [6.07, 6.45) is 9.72. The molecule has 1 N–H and O–H groups in total. The summed E-state index contributed by atoms with van der Waals surface area (Å²) in [5, 5.41) is 3.91. The van der Waals surface area contributed by atoms with Crippen molar-refractivity contribution in [2.75, 3.05) is 0 Å². The van der Waals surface area contributed by atoms with Gasteiger partial charge in [0.2, 0.25) is 5.91 Å². The molecule has 3 rings (SSSR count). The van der Waals surface area contributed by atoms with Crippen LogP contribution in [0.2, 0.25) is 0 Å². The number of rotatable bonds is 5. The number of para-hydroxylation sites is 1. The van der Waals surface area contributed by atoms with Gasteiger partial charge in [-0.1, -0.05) is 49.2 Å². The third-order valence-electron chi connectivity index (χ3n) is 4.58. The van der Waals surface area contributed by atoms with Gasteiger partial charge in [0.05, 0.1) is 10.9 Å². The smallest absolute Gasteiger partial charge is 0.233 e. The third kappa shape index (κ3) is 4.01. The van der Waals surface area contributed by atoms with Crippen LogP contribution in [0.1, 0.15) is 44.6 Å². The zero-order valence-electron chi connectivity index (χ0n) is 14.4. The van der Waals surface area contributed by atoms with Crippen LogP contribution in [0.5, 0.6) is 0 Å². The first-order valence-corrected chi connectivity index (χ1v) is 9.59. The minimum absolute atomic E-state index is 0.117. The fraction of sp³-hybridized carbons (Fsp3) is 0.474. The maximum Gasteiger partial charge on any atom is 0.233 e. The van der Waals surface area contributed by atoms with Crippen LogP contribution in [0.3, 0.4) is 0 Å². The van der Waals surface area contributed by atoms with Crippen molar-refractivity contribution in [2.45, 2.75) is 62.4 Å². The van der Waals surface area contributed by atoms with E-state index in [9.17, 15) is 4.79 Å². The molecule has 1 fully saturated rings. The number of carbonyl (C=O) groups excluding carboxylic acids is 1. The van der Waals surface area contributed by atoms with E-state index in [2.05, 4.69) is 33.9 Å². The number of nitrogens with one attached hydrogen (secondary N) is 1. The highest BCUT2D eigenvalue weighted by Crippen LogP contribution is 2.26. The van der Waals surface area contributed by atoms with E-state index < -0.39 is 0 Å². The topological polar surface area (TPSA) is 46.9 Å². The number of hydrogen-bond acceptors (Lipinski definition) is 3. The molecule has 0 aliphatic heterocycles. The maximum absolute atomic E-state index is 12.5. The van der Waals surface area contributed by atoms with Crippen molar-refractivity contribution in [3.63, 3.8) is 0 Å². The lowest BCUT2D eigenvalue weighted by atomic mass is 9.95. The molecule has 1 unspecified atom stereocenters. The first-order chi connectivity index (χ1) is 11.6. The first-order valence-electron chi connectivity index (χ1n) is 8.71. The molecular weight excluding hydrogens is 318 g/mol. The third-order valence-corrected chi connectivity index (χ3v) is 5.67. The summed E-state index contributed by atoms with van der Waals surface area (Å²) in [5.41, 5.74) is 2.30. The van der Waals surface area contributed by atoms with Crippen molar-refractivity contribution < 1.29 is 4.79 Å². The Hall–Kier alpha value is -1.75. The molecule has 128 valence electrons. The Balaban J connectivity index is 1.67. The summed E-state index contributed by atoms with van der Waals surface area (Å²) in [4.78, 5) is 16.9. The number of hydrogen-bond donors (Lipinski definition) is 1. The SMILES string of the molecule is Cc1ccccc1-n1ccnc1SC(C)C(=O)NC1CCCCC1. The molecule has 1 aromatic carbocycles. The van der Waals surface area contributed by atoms with Crippen LogP contribution in [-0.4, -0.2) is 26.8 Å². The zero-order valence-corrected chi connectivity index (χ0v) is 15.2. The molecule has 2 aromatic rings. The quantitative estimate of drug-likeness (QED) is 0.831. The fourth-order valence-corrected chi connectivity index (χ4v) is 4.06.